The Morgan fingerprint density at radius 2 is 2.00 bits per heavy atom. The van der Waals surface area contributed by atoms with E-state index in [0.717, 1.165) is 0 Å². The van der Waals surface area contributed by atoms with Gasteiger partial charge in [-0.25, -0.2) is 0 Å². The van der Waals surface area contributed by atoms with Gasteiger partial charge in [-0.3, -0.25) is 0 Å². The van der Waals surface area contributed by atoms with Gasteiger partial charge < -0.3 is 4.84 Å². The van der Waals surface area contributed by atoms with Gasteiger partial charge in [0.05, 0.1) is 6.20 Å². The Bertz CT molecular complexity index is 74.5. The van der Waals surface area contributed by atoms with E-state index >= 15 is 0 Å². The number of allylic oxidation sites excluding steroid dienone is 2. The molecule has 45 valence electrons. The van der Waals surface area contributed by atoms with Crippen LogP contribution in [-0.2, 0) is 4.84 Å². The predicted molar refractivity (Wildman–Crippen MR) is 32.8 cm³/mol. The van der Waals surface area contributed by atoms with Crippen molar-refractivity contribution in [2.45, 2.75) is 13.8 Å². The van der Waals surface area contributed by atoms with E-state index in [1.165, 1.54) is 6.26 Å². The first-order valence-corrected chi connectivity index (χ1v) is 2.50. The molecule has 0 saturated heterocycles. The summed E-state index contributed by atoms with van der Waals surface area (Å²) in [4.78, 5) is 4.58. The van der Waals surface area contributed by atoms with E-state index in [-0.39, 0.29) is 0 Å². The van der Waals surface area contributed by atoms with Crippen LogP contribution in [0, 0.1) is 0 Å². The number of hydroxylamine groups is 1. The average Bonchev–Trinajstić information content (AvgIpc) is 1.81. The van der Waals surface area contributed by atoms with Crippen molar-refractivity contribution in [2.75, 3.05) is 0 Å². The fraction of sp³-hybridized carbons (Fsp3) is 0.333. The second kappa shape index (κ2) is 6.08. The van der Waals surface area contributed by atoms with Gasteiger partial charge in [0.15, 0.2) is 0 Å². The highest BCUT2D eigenvalue weighted by Gasteiger charge is 1.67. The fourth-order valence-electron chi connectivity index (χ4n) is 0.192. The van der Waals surface area contributed by atoms with Crippen LogP contribution in [0.15, 0.2) is 24.6 Å². The van der Waals surface area contributed by atoms with Crippen LogP contribution in [0.2, 0.25) is 0 Å². The van der Waals surface area contributed by atoms with Crippen molar-refractivity contribution in [2.24, 2.45) is 0 Å². The molecule has 0 spiro atoms. The molecule has 0 fully saturated rings. The first-order valence-electron chi connectivity index (χ1n) is 2.50. The molecule has 0 N–H and O–H groups in total. The zero-order valence-corrected chi connectivity index (χ0v) is 5.16. The lowest BCUT2D eigenvalue weighted by Crippen LogP contribution is -1.88. The molecule has 2 heteroatoms. The molecule has 0 aromatic rings. The van der Waals surface area contributed by atoms with E-state index in [0.29, 0.717) is 0 Å². The summed E-state index contributed by atoms with van der Waals surface area (Å²) >= 11 is 0. The monoisotopic (exact) mass is 112 g/mol. The Morgan fingerprint density at radius 1 is 1.25 bits per heavy atom. The van der Waals surface area contributed by atoms with Gasteiger partial charge >= 0.3 is 0 Å². The van der Waals surface area contributed by atoms with Crippen LogP contribution in [0.5, 0.6) is 0 Å². The van der Waals surface area contributed by atoms with Crippen molar-refractivity contribution in [3.05, 3.63) is 24.6 Å². The van der Waals surface area contributed by atoms with Crippen LogP contribution in [0.1, 0.15) is 13.8 Å². The van der Waals surface area contributed by atoms with Crippen LogP contribution in [-0.4, -0.2) is 0 Å². The van der Waals surface area contributed by atoms with Crippen molar-refractivity contribution in [3.63, 3.8) is 0 Å². The fourth-order valence-corrected chi connectivity index (χ4v) is 0.192. The lowest BCUT2D eigenvalue weighted by molar-refractivity contribution is 0.166. The molecule has 0 aromatic carbocycles. The summed E-state index contributed by atoms with van der Waals surface area (Å²) in [7, 11) is 0. The first kappa shape index (κ1) is 7.08. The molecule has 8 heavy (non-hydrogen) atoms. The molecule has 0 unspecified atom stereocenters. The van der Waals surface area contributed by atoms with Crippen molar-refractivity contribution < 1.29 is 4.84 Å². The predicted octanol–water partition coefficient (Wildman–Crippen LogP) is 1.59. The topological polar surface area (TPSA) is 23.3 Å². The molecule has 0 heterocycles. The maximum atomic E-state index is 4.58. The molecule has 0 bridgehead atoms. The highest BCUT2D eigenvalue weighted by molar-refractivity contribution is 4.71. The van der Waals surface area contributed by atoms with E-state index < -0.39 is 0 Å². The third-order valence-corrected chi connectivity index (χ3v) is 0.468. The summed E-state index contributed by atoms with van der Waals surface area (Å²) in [6.45, 7) is 3.74. The molecule has 0 aliphatic heterocycles. The lowest BCUT2D eigenvalue weighted by Gasteiger charge is -1.87. The maximum Gasteiger partial charge on any atom is 0.117 e. The zero-order chi connectivity index (χ0) is 6.24. The SMILES string of the molecule is CC=C[N]OC=CC. The molecule has 0 rings (SSSR count). The van der Waals surface area contributed by atoms with E-state index in [2.05, 4.69) is 10.3 Å². The van der Waals surface area contributed by atoms with Gasteiger partial charge in [-0.15, -0.1) is 0 Å². The number of rotatable bonds is 3. The van der Waals surface area contributed by atoms with E-state index in [1.54, 1.807) is 18.4 Å². The minimum absolute atomic E-state index is 1.51. The van der Waals surface area contributed by atoms with Gasteiger partial charge in [0.2, 0.25) is 0 Å². The molecule has 0 aliphatic rings. The second-order valence-corrected chi connectivity index (χ2v) is 1.16. The van der Waals surface area contributed by atoms with Crippen molar-refractivity contribution in [1.29, 1.82) is 0 Å². The highest BCUT2D eigenvalue weighted by atomic mass is 16.6. The summed E-state index contributed by atoms with van der Waals surface area (Å²) in [6, 6.07) is 0. The number of nitrogens with zero attached hydrogens (tertiary/aromatic N) is 1. The Hall–Kier alpha value is -0.920. The lowest BCUT2D eigenvalue weighted by atomic mass is 10.7. The van der Waals surface area contributed by atoms with E-state index in [9.17, 15) is 0 Å². The Morgan fingerprint density at radius 3 is 2.50 bits per heavy atom. The quantitative estimate of drug-likeness (QED) is 0.309. The largest absolute Gasteiger partial charge is 0.365 e. The number of hydrogen-bond donors (Lipinski definition) is 0. The van der Waals surface area contributed by atoms with Crippen LogP contribution < -0.4 is 5.48 Å². The summed E-state index contributed by atoms with van der Waals surface area (Å²) in [5.74, 6) is 0. The van der Waals surface area contributed by atoms with E-state index in [4.69, 9.17) is 0 Å². The molecule has 0 atom stereocenters. The first-order chi connectivity index (χ1) is 3.91. The smallest absolute Gasteiger partial charge is 0.117 e. The molecular formula is C6H10NO. The molecular weight excluding hydrogens is 102 g/mol. The summed E-state index contributed by atoms with van der Waals surface area (Å²) in [5, 5.41) is 0. The Kier molecular flexibility index (Phi) is 5.38. The summed E-state index contributed by atoms with van der Waals surface area (Å²) in [5.41, 5.74) is 3.51. The van der Waals surface area contributed by atoms with Gasteiger partial charge in [0.25, 0.3) is 0 Å². The van der Waals surface area contributed by atoms with Crippen molar-refractivity contribution in [1.82, 2.24) is 5.48 Å². The van der Waals surface area contributed by atoms with Gasteiger partial charge in [-0.2, -0.15) is 0 Å². The second-order valence-electron chi connectivity index (χ2n) is 1.16. The summed E-state index contributed by atoms with van der Waals surface area (Å²) < 4.78 is 0. The standard InChI is InChI=1S/C6H10NO/c1-3-5-7-8-6-4-2/h3-6H,1-2H3. The van der Waals surface area contributed by atoms with Crippen LogP contribution in [0.4, 0.5) is 0 Å². The Balaban J connectivity index is 2.93. The molecule has 0 saturated carbocycles. The van der Waals surface area contributed by atoms with Gasteiger partial charge in [-0.1, -0.05) is 11.6 Å². The minimum Gasteiger partial charge on any atom is -0.365 e. The molecule has 0 amide bonds. The molecule has 0 aliphatic carbocycles. The number of hydrogen-bond acceptors (Lipinski definition) is 1. The normalized spacial score (nSPS) is 10.8. The third-order valence-electron chi connectivity index (χ3n) is 0.468. The molecule has 0 aromatic heterocycles. The molecule has 2 nitrogen and oxygen atoms in total. The van der Waals surface area contributed by atoms with Crippen molar-refractivity contribution in [3.8, 4) is 0 Å². The average molecular weight is 112 g/mol. The van der Waals surface area contributed by atoms with Crippen molar-refractivity contribution >= 4 is 0 Å². The third kappa shape index (κ3) is 5.08. The highest BCUT2D eigenvalue weighted by Crippen LogP contribution is 1.72. The minimum atomic E-state index is 1.51. The Labute approximate surface area is 49.8 Å². The van der Waals surface area contributed by atoms with Crippen LogP contribution >= 0.6 is 0 Å². The molecule has 1 radical (unpaired) electrons. The van der Waals surface area contributed by atoms with Gasteiger partial charge in [-0.05, 0) is 19.9 Å². The van der Waals surface area contributed by atoms with E-state index in [1.807, 2.05) is 13.8 Å². The van der Waals surface area contributed by atoms with Crippen LogP contribution in [0.25, 0.3) is 0 Å². The summed E-state index contributed by atoms with van der Waals surface area (Å²) in [6.07, 6.45) is 6.66. The zero-order valence-electron chi connectivity index (χ0n) is 5.16. The van der Waals surface area contributed by atoms with Gasteiger partial charge in [0.1, 0.15) is 6.26 Å². The van der Waals surface area contributed by atoms with Gasteiger partial charge in [0, 0.05) is 0 Å². The van der Waals surface area contributed by atoms with Crippen LogP contribution in [0.3, 0.4) is 0 Å². The maximum absolute atomic E-state index is 4.58.